The van der Waals surface area contributed by atoms with Gasteiger partial charge in [0, 0.05) is 6.92 Å². The summed E-state index contributed by atoms with van der Waals surface area (Å²) in [7, 11) is 0. The third-order valence-corrected chi connectivity index (χ3v) is 1.58. The molecule has 0 N–H and O–H groups in total. The van der Waals surface area contributed by atoms with Gasteiger partial charge in [-0.25, -0.2) is 0 Å². The van der Waals surface area contributed by atoms with E-state index in [2.05, 4.69) is 0 Å². The fourth-order valence-corrected chi connectivity index (χ4v) is 0.991. The molecule has 1 aromatic rings. The summed E-state index contributed by atoms with van der Waals surface area (Å²) in [5.74, 6) is 0.119. The van der Waals surface area contributed by atoms with Gasteiger partial charge in [-0.05, 0) is 30.7 Å². The first-order chi connectivity index (χ1) is 6.13. The van der Waals surface area contributed by atoms with Gasteiger partial charge in [-0.3, -0.25) is 4.79 Å². The van der Waals surface area contributed by atoms with Crippen molar-refractivity contribution in [3.63, 3.8) is 0 Å². The van der Waals surface area contributed by atoms with E-state index in [1.54, 1.807) is 25.1 Å². The molecule has 0 bridgehead atoms. The summed E-state index contributed by atoms with van der Waals surface area (Å²) < 4.78 is 4.85. The summed E-state index contributed by atoms with van der Waals surface area (Å²) >= 11 is 0. The first-order valence-corrected chi connectivity index (χ1v) is 3.82. The van der Waals surface area contributed by atoms with Gasteiger partial charge in [-0.1, -0.05) is 0 Å². The zero-order chi connectivity index (χ0) is 9.84. The van der Waals surface area contributed by atoms with Crippen LogP contribution >= 0.6 is 0 Å². The molecule has 0 aliphatic rings. The van der Waals surface area contributed by atoms with Crippen molar-refractivity contribution in [3.8, 4) is 11.8 Å². The fourth-order valence-electron chi connectivity index (χ4n) is 0.991. The van der Waals surface area contributed by atoms with Crippen molar-refractivity contribution in [1.29, 1.82) is 5.26 Å². The van der Waals surface area contributed by atoms with Crippen molar-refractivity contribution in [2.75, 3.05) is 0 Å². The van der Waals surface area contributed by atoms with Gasteiger partial charge in [0.2, 0.25) is 0 Å². The largest absolute Gasteiger partial charge is 0.427 e. The number of benzene rings is 1. The Hall–Kier alpha value is -1.82. The second-order valence-electron chi connectivity index (χ2n) is 2.68. The molecule has 0 spiro atoms. The van der Waals surface area contributed by atoms with E-state index in [-0.39, 0.29) is 5.97 Å². The van der Waals surface area contributed by atoms with E-state index in [1.807, 2.05) is 6.07 Å². The number of carbonyl (C=O) groups is 1. The van der Waals surface area contributed by atoms with Gasteiger partial charge in [0.05, 0.1) is 11.6 Å². The van der Waals surface area contributed by atoms with Crippen molar-refractivity contribution >= 4 is 5.97 Å². The smallest absolute Gasteiger partial charge is 0.308 e. The molecule has 0 aliphatic heterocycles. The number of nitriles is 1. The predicted octanol–water partition coefficient (Wildman–Crippen LogP) is 1.79. The molecule has 66 valence electrons. The Balaban J connectivity index is 2.97. The standard InChI is InChI=1S/C10H9NO2/c1-7-5-10(13-8(2)12)4-3-9(7)6-11/h3-5H,1-2H3. The highest BCUT2D eigenvalue weighted by Crippen LogP contribution is 2.16. The molecule has 3 nitrogen and oxygen atoms in total. The highest BCUT2D eigenvalue weighted by molar-refractivity contribution is 5.69. The third-order valence-electron chi connectivity index (χ3n) is 1.58. The van der Waals surface area contributed by atoms with Gasteiger partial charge in [0.15, 0.2) is 0 Å². The van der Waals surface area contributed by atoms with Crippen molar-refractivity contribution in [1.82, 2.24) is 0 Å². The second kappa shape index (κ2) is 3.72. The van der Waals surface area contributed by atoms with Gasteiger partial charge in [-0.15, -0.1) is 0 Å². The normalized spacial score (nSPS) is 9.00. The molecule has 1 rings (SSSR count). The molecule has 1 aromatic carbocycles. The Bertz CT molecular complexity index is 377. The van der Waals surface area contributed by atoms with Crippen molar-refractivity contribution in [2.24, 2.45) is 0 Å². The van der Waals surface area contributed by atoms with E-state index in [9.17, 15) is 4.79 Å². The minimum Gasteiger partial charge on any atom is -0.427 e. The second-order valence-corrected chi connectivity index (χ2v) is 2.68. The minimum atomic E-state index is -0.357. The first-order valence-electron chi connectivity index (χ1n) is 3.82. The van der Waals surface area contributed by atoms with Crippen LogP contribution in [0.3, 0.4) is 0 Å². The van der Waals surface area contributed by atoms with E-state index < -0.39 is 0 Å². The van der Waals surface area contributed by atoms with Crippen LogP contribution in [0, 0.1) is 18.3 Å². The average molecular weight is 175 g/mol. The van der Waals surface area contributed by atoms with Crippen molar-refractivity contribution < 1.29 is 9.53 Å². The number of carbonyl (C=O) groups excluding carboxylic acids is 1. The predicted molar refractivity (Wildman–Crippen MR) is 47.2 cm³/mol. The minimum absolute atomic E-state index is 0.357. The number of rotatable bonds is 1. The number of esters is 1. The van der Waals surface area contributed by atoms with E-state index in [1.165, 1.54) is 6.92 Å². The lowest BCUT2D eigenvalue weighted by atomic mass is 10.1. The summed E-state index contributed by atoms with van der Waals surface area (Å²) in [5, 5.41) is 8.63. The Morgan fingerprint density at radius 2 is 2.23 bits per heavy atom. The van der Waals surface area contributed by atoms with Gasteiger partial charge in [0.1, 0.15) is 5.75 Å². The quantitative estimate of drug-likeness (QED) is 0.483. The van der Waals surface area contributed by atoms with E-state index >= 15 is 0 Å². The van der Waals surface area contributed by atoms with E-state index in [4.69, 9.17) is 10.00 Å². The molecule has 0 saturated heterocycles. The summed E-state index contributed by atoms with van der Waals surface area (Å²) in [6, 6.07) is 6.94. The van der Waals surface area contributed by atoms with Gasteiger partial charge >= 0.3 is 5.97 Å². The number of ether oxygens (including phenoxy) is 1. The van der Waals surface area contributed by atoms with Gasteiger partial charge < -0.3 is 4.74 Å². The lowest BCUT2D eigenvalue weighted by Crippen LogP contribution is -2.01. The van der Waals surface area contributed by atoms with Gasteiger partial charge in [-0.2, -0.15) is 5.26 Å². The Morgan fingerprint density at radius 1 is 1.54 bits per heavy atom. The lowest BCUT2D eigenvalue weighted by Gasteiger charge is -2.02. The molecule has 0 saturated carbocycles. The Morgan fingerprint density at radius 3 is 2.69 bits per heavy atom. The molecule has 13 heavy (non-hydrogen) atoms. The van der Waals surface area contributed by atoms with Crippen LogP contribution in [0.4, 0.5) is 0 Å². The maximum atomic E-state index is 10.6. The summed E-state index contributed by atoms with van der Waals surface area (Å²) in [6.45, 7) is 3.14. The van der Waals surface area contributed by atoms with Crippen LogP contribution in [0.2, 0.25) is 0 Å². The van der Waals surface area contributed by atoms with Gasteiger partial charge in [0.25, 0.3) is 0 Å². The summed E-state index contributed by atoms with van der Waals surface area (Å²) in [4.78, 5) is 10.6. The number of hydrogen-bond donors (Lipinski definition) is 0. The molecular weight excluding hydrogens is 166 g/mol. The molecule has 0 fully saturated rings. The van der Waals surface area contributed by atoms with Crippen molar-refractivity contribution in [2.45, 2.75) is 13.8 Å². The van der Waals surface area contributed by atoms with Crippen LogP contribution in [0.5, 0.6) is 5.75 Å². The molecule has 0 heterocycles. The highest BCUT2D eigenvalue weighted by Gasteiger charge is 2.01. The van der Waals surface area contributed by atoms with Crippen LogP contribution in [0.1, 0.15) is 18.1 Å². The maximum absolute atomic E-state index is 10.6. The number of aryl methyl sites for hydroxylation is 1. The first kappa shape index (κ1) is 9.27. The SMILES string of the molecule is CC(=O)Oc1ccc(C#N)c(C)c1. The molecular formula is C10H9NO2. The van der Waals surface area contributed by atoms with Crippen LogP contribution in [0.25, 0.3) is 0 Å². The molecule has 0 aliphatic carbocycles. The average Bonchev–Trinajstić information content (AvgIpc) is 2.03. The molecule has 0 radical (unpaired) electrons. The van der Waals surface area contributed by atoms with Crippen LogP contribution in [-0.2, 0) is 4.79 Å². The zero-order valence-electron chi connectivity index (χ0n) is 7.50. The Kier molecular flexibility index (Phi) is 2.65. The lowest BCUT2D eigenvalue weighted by molar-refractivity contribution is -0.131. The summed E-state index contributed by atoms with van der Waals surface area (Å²) in [5.41, 5.74) is 1.40. The highest BCUT2D eigenvalue weighted by atomic mass is 16.5. The van der Waals surface area contributed by atoms with Crippen LogP contribution in [-0.4, -0.2) is 5.97 Å². The monoisotopic (exact) mass is 175 g/mol. The van der Waals surface area contributed by atoms with E-state index in [0.29, 0.717) is 11.3 Å². The number of hydrogen-bond acceptors (Lipinski definition) is 3. The summed E-state index contributed by atoms with van der Waals surface area (Å²) in [6.07, 6.45) is 0. The Labute approximate surface area is 76.6 Å². The third kappa shape index (κ3) is 2.31. The van der Waals surface area contributed by atoms with Crippen LogP contribution in [0.15, 0.2) is 18.2 Å². The van der Waals surface area contributed by atoms with Crippen LogP contribution < -0.4 is 4.74 Å². The van der Waals surface area contributed by atoms with Crippen molar-refractivity contribution in [3.05, 3.63) is 29.3 Å². The molecule has 0 aromatic heterocycles. The maximum Gasteiger partial charge on any atom is 0.308 e. The molecule has 0 unspecified atom stereocenters. The van der Waals surface area contributed by atoms with E-state index in [0.717, 1.165) is 5.56 Å². The molecule has 0 atom stereocenters. The topological polar surface area (TPSA) is 50.1 Å². The zero-order valence-corrected chi connectivity index (χ0v) is 7.50. The molecule has 3 heteroatoms. The molecule has 0 amide bonds. The number of nitrogens with zero attached hydrogens (tertiary/aromatic N) is 1. The fraction of sp³-hybridized carbons (Fsp3) is 0.200.